The average Bonchev–Trinajstić information content (AvgIpc) is 2.60. The van der Waals surface area contributed by atoms with Crippen LogP contribution in [0.4, 0.5) is 10.8 Å². The van der Waals surface area contributed by atoms with Crippen molar-refractivity contribution < 1.29 is 9.21 Å². The SMILES string of the molecule is NCc1nnc(NCCNC(N)=O)o1. The van der Waals surface area contributed by atoms with Crippen molar-refractivity contribution in [2.45, 2.75) is 6.54 Å². The molecule has 0 saturated heterocycles. The third-order valence-electron chi connectivity index (χ3n) is 1.34. The molecular weight excluding hydrogens is 188 g/mol. The van der Waals surface area contributed by atoms with E-state index in [9.17, 15) is 4.79 Å². The van der Waals surface area contributed by atoms with Gasteiger partial charge in [-0.1, -0.05) is 5.10 Å². The van der Waals surface area contributed by atoms with Gasteiger partial charge >= 0.3 is 12.0 Å². The molecule has 0 unspecified atom stereocenters. The molecule has 6 N–H and O–H groups in total. The van der Waals surface area contributed by atoms with Crippen molar-refractivity contribution in [3.8, 4) is 0 Å². The van der Waals surface area contributed by atoms with Crippen LogP contribution in [0.2, 0.25) is 0 Å². The summed E-state index contributed by atoms with van der Waals surface area (Å²) in [6.07, 6.45) is 0. The molecule has 8 heteroatoms. The Balaban J connectivity index is 2.21. The Morgan fingerprint density at radius 2 is 2.21 bits per heavy atom. The quantitative estimate of drug-likeness (QED) is 0.432. The Morgan fingerprint density at radius 1 is 1.43 bits per heavy atom. The topological polar surface area (TPSA) is 132 Å². The maximum atomic E-state index is 10.3. The lowest BCUT2D eigenvalue weighted by molar-refractivity contribution is 0.249. The fourth-order valence-electron chi connectivity index (χ4n) is 0.763. The zero-order valence-corrected chi connectivity index (χ0v) is 7.49. The highest BCUT2D eigenvalue weighted by Crippen LogP contribution is 2.02. The first-order valence-electron chi connectivity index (χ1n) is 4.02. The van der Waals surface area contributed by atoms with Crippen LogP contribution in [0.1, 0.15) is 5.89 Å². The van der Waals surface area contributed by atoms with Crippen LogP contribution >= 0.6 is 0 Å². The molecule has 0 fully saturated rings. The monoisotopic (exact) mass is 200 g/mol. The van der Waals surface area contributed by atoms with Crippen molar-refractivity contribution in [3.63, 3.8) is 0 Å². The minimum Gasteiger partial charge on any atom is -0.407 e. The van der Waals surface area contributed by atoms with Crippen LogP contribution in [0, 0.1) is 0 Å². The van der Waals surface area contributed by atoms with Gasteiger partial charge in [0, 0.05) is 13.1 Å². The highest BCUT2D eigenvalue weighted by Gasteiger charge is 2.02. The van der Waals surface area contributed by atoms with Gasteiger partial charge < -0.3 is 26.5 Å². The fraction of sp³-hybridized carbons (Fsp3) is 0.500. The van der Waals surface area contributed by atoms with E-state index in [4.69, 9.17) is 15.9 Å². The molecule has 0 aromatic carbocycles. The summed E-state index contributed by atoms with van der Waals surface area (Å²) in [6, 6.07) is -0.295. The van der Waals surface area contributed by atoms with Gasteiger partial charge in [-0.3, -0.25) is 0 Å². The lowest BCUT2D eigenvalue weighted by Gasteiger charge is -2.00. The number of nitrogens with two attached hydrogens (primary N) is 2. The summed E-state index contributed by atoms with van der Waals surface area (Å²) in [6.45, 7) is 1.04. The van der Waals surface area contributed by atoms with E-state index in [1.807, 2.05) is 0 Å². The van der Waals surface area contributed by atoms with Gasteiger partial charge in [0.2, 0.25) is 5.89 Å². The van der Waals surface area contributed by atoms with Crippen LogP contribution in [-0.2, 0) is 6.54 Å². The summed E-state index contributed by atoms with van der Waals surface area (Å²) in [5.74, 6) is 0.357. The molecule has 14 heavy (non-hydrogen) atoms. The summed E-state index contributed by atoms with van der Waals surface area (Å²) in [7, 11) is 0. The van der Waals surface area contributed by atoms with Gasteiger partial charge in [0.05, 0.1) is 6.54 Å². The molecule has 0 aliphatic carbocycles. The van der Waals surface area contributed by atoms with Gasteiger partial charge in [-0.25, -0.2) is 4.79 Å². The Hall–Kier alpha value is -1.83. The van der Waals surface area contributed by atoms with Crippen LogP contribution < -0.4 is 22.1 Å². The van der Waals surface area contributed by atoms with Gasteiger partial charge in [0.15, 0.2) is 0 Å². The summed E-state index contributed by atoms with van der Waals surface area (Å²) >= 11 is 0. The Morgan fingerprint density at radius 3 is 2.79 bits per heavy atom. The van der Waals surface area contributed by atoms with Crippen molar-refractivity contribution in [2.75, 3.05) is 18.4 Å². The highest BCUT2D eigenvalue weighted by molar-refractivity contribution is 5.71. The predicted molar refractivity (Wildman–Crippen MR) is 48.3 cm³/mol. The molecule has 0 aliphatic rings. The van der Waals surface area contributed by atoms with Crippen molar-refractivity contribution in [3.05, 3.63) is 5.89 Å². The van der Waals surface area contributed by atoms with E-state index in [-0.39, 0.29) is 12.6 Å². The lowest BCUT2D eigenvalue weighted by Crippen LogP contribution is -2.33. The molecule has 1 aromatic rings. The second-order valence-corrected chi connectivity index (χ2v) is 2.42. The number of nitrogens with one attached hydrogen (secondary N) is 2. The third kappa shape index (κ3) is 3.27. The zero-order chi connectivity index (χ0) is 10.4. The van der Waals surface area contributed by atoms with E-state index < -0.39 is 6.03 Å². The smallest absolute Gasteiger partial charge is 0.315 e. The van der Waals surface area contributed by atoms with Crippen molar-refractivity contribution in [1.82, 2.24) is 15.5 Å². The molecule has 1 aromatic heterocycles. The molecule has 0 bridgehead atoms. The molecule has 0 spiro atoms. The maximum Gasteiger partial charge on any atom is 0.315 e. The average molecular weight is 200 g/mol. The largest absolute Gasteiger partial charge is 0.407 e. The zero-order valence-electron chi connectivity index (χ0n) is 7.49. The van der Waals surface area contributed by atoms with Crippen LogP contribution in [0.25, 0.3) is 0 Å². The number of urea groups is 1. The molecular formula is C6H12N6O2. The molecule has 0 atom stereocenters. The predicted octanol–water partition coefficient (Wildman–Crippen LogP) is -1.39. The number of primary amides is 1. The third-order valence-corrected chi connectivity index (χ3v) is 1.34. The number of anilines is 1. The Labute approximate surface area is 80.0 Å². The minimum atomic E-state index is -0.569. The van der Waals surface area contributed by atoms with Crippen molar-refractivity contribution in [1.29, 1.82) is 0 Å². The van der Waals surface area contributed by atoms with Gasteiger partial charge in [-0.15, -0.1) is 5.10 Å². The van der Waals surface area contributed by atoms with E-state index in [1.54, 1.807) is 0 Å². The molecule has 8 nitrogen and oxygen atoms in total. The first kappa shape index (κ1) is 10.3. The van der Waals surface area contributed by atoms with E-state index in [2.05, 4.69) is 20.8 Å². The molecule has 78 valence electrons. The number of rotatable bonds is 5. The van der Waals surface area contributed by atoms with Crippen LogP contribution in [-0.4, -0.2) is 29.3 Å². The number of carbonyl (C=O) groups is 1. The molecule has 1 heterocycles. The van der Waals surface area contributed by atoms with Crippen molar-refractivity contribution in [2.24, 2.45) is 11.5 Å². The minimum absolute atomic E-state index is 0.203. The molecule has 0 saturated carbocycles. The van der Waals surface area contributed by atoms with E-state index in [0.29, 0.717) is 19.0 Å². The summed E-state index contributed by atoms with van der Waals surface area (Å²) in [4.78, 5) is 10.3. The standard InChI is InChI=1S/C6H12N6O2/c7-3-4-11-12-6(14-4)10-2-1-9-5(8)13/h1-3,7H2,(H,10,12)(H3,8,9,13). The first-order chi connectivity index (χ1) is 6.72. The summed E-state index contributed by atoms with van der Waals surface area (Å²) in [5.41, 5.74) is 10.1. The van der Waals surface area contributed by atoms with Gasteiger partial charge in [0.25, 0.3) is 0 Å². The highest BCUT2D eigenvalue weighted by atomic mass is 16.4. The molecule has 0 radical (unpaired) electrons. The van der Waals surface area contributed by atoms with E-state index in [0.717, 1.165) is 0 Å². The fourth-order valence-corrected chi connectivity index (χ4v) is 0.763. The number of hydrogen-bond donors (Lipinski definition) is 4. The van der Waals surface area contributed by atoms with Crippen molar-refractivity contribution >= 4 is 12.0 Å². The number of aromatic nitrogens is 2. The van der Waals surface area contributed by atoms with E-state index >= 15 is 0 Å². The number of amides is 2. The first-order valence-corrected chi connectivity index (χ1v) is 4.02. The number of hydrogen-bond acceptors (Lipinski definition) is 6. The number of carbonyl (C=O) groups excluding carboxylic acids is 1. The lowest BCUT2D eigenvalue weighted by atomic mass is 10.6. The van der Waals surface area contributed by atoms with Crippen LogP contribution in [0.15, 0.2) is 4.42 Å². The van der Waals surface area contributed by atoms with Crippen LogP contribution in [0.5, 0.6) is 0 Å². The maximum absolute atomic E-state index is 10.3. The van der Waals surface area contributed by atoms with Gasteiger partial charge in [-0.2, -0.15) is 0 Å². The molecule has 1 rings (SSSR count). The summed E-state index contributed by atoms with van der Waals surface area (Å²) < 4.78 is 5.04. The second-order valence-electron chi connectivity index (χ2n) is 2.42. The second kappa shape index (κ2) is 5.02. The molecule has 0 aliphatic heterocycles. The van der Waals surface area contributed by atoms with Gasteiger partial charge in [0.1, 0.15) is 0 Å². The normalized spacial score (nSPS) is 9.79. The Kier molecular flexibility index (Phi) is 3.68. The number of nitrogens with zero attached hydrogens (tertiary/aromatic N) is 2. The van der Waals surface area contributed by atoms with Crippen LogP contribution in [0.3, 0.4) is 0 Å². The summed E-state index contributed by atoms with van der Waals surface area (Å²) in [5, 5.41) is 12.5. The van der Waals surface area contributed by atoms with Gasteiger partial charge in [-0.05, 0) is 0 Å². The van der Waals surface area contributed by atoms with E-state index in [1.165, 1.54) is 0 Å². The molecule has 2 amide bonds. The Bertz CT molecular complexity index is 298.